The summed E-state index contributed by atoms with van der Waals surface area (Å²) in [5.41, 5.74) is 2.97. The Balaban J connectivity index is 1.91. The minimum Gasteiger partial charge on any atom is -0.299 e. The largest absolute Gasteiger partial charge is 0.299 e. The molecule has 0 aliphatic carbocycles. The van der Waals surface area contributed by atoms with Crippen LogP contribution in [-0.2, 0) is 6.54 Å². The second-order valence-corrected chi connectivity index (χ2v) is 4.68. The summed E-state index contributed by atoms with van der Waals surface area (Å²) < 4.78 is 0. The molecule has 1 aliphatic rings. The van der Waals surface area contributed by atoms with Crippen molar-refractivity contribution in [2.24, 2.45) is 0 Å². The zero-order valence-corrected chi connectivity index (χ0v) is 10.4. The highest BCUT2D eigenvalue weighted by molar-refractivity contribution is 5.15. The summed E-state index contributed by atoms with van der Waals surface area (Å²) in [5, 5.41) is 0. The number of rotatable bonds is 3. The standard InChI is InChI=1S/C16H21N/c1-2-7-15-10-6-12-17(13-11-15)14-16-8-4-3-5-9-16/h2-5,7-9H,1,6,10-14H2. The Kier molecular flexibility index (Phi) is 4.57. The molecule has 0 bridgehead atoms. The maximum atomic E-state index is 3.78. The van der Waals surface area contributed by atoms with Crippen LogP contribution in [0, 0.1) is 0 Å². The van der Waals surface area contributed by atoms with Crippen LogP contribution < -0.4 is 0 Å². The lowest BCUT2D eigenvalue weighted by Gasteiger charge is -2.19. The summed E-state index contributed by atoms with van der Waals surface area (Å²) in [4.78, 5) is 2.55. The molecule has 0 aromatic heterocycles. The summed E-state index contributed by atoms with van der Waals surface area (Å²) in [6.07, 6.45) is 7.80. The van der Waals surface area contributed by atoms with Crippen LogP contribution in [0.4, 0.5) is 0 Å². The quantitative estimate of drug-likeness (QED) is 0.759. The molecular weight excluding hydrogens is 206 g/mol. The van der Waals surface area contributed by atoms with E-state index in [1.165, 1.54) is 37.9 Å². The summed E-state index contributed by atoms with van der Waals surface area (Å²) in [7, 11) is 0. The number of nitrogens with zero attached hydrogens (tertiary/aromatic N) is 1. The Morgan fingerprint density at radius 3 is 2.71 bits per heavy atom. The number of allylic oxidation sites excluding steroid dienone is 2. The van der Waals surface area contributed by atoms with Crippen LogP contribution in [0.5, 0.6) is 0 Å². The first-order valence-corrected chi connectivity index (χ1v) is 6.45. The third-order valence-corrected chi connectivity index (χ3v) is 3.32. The Hall–Kier alpha value is -1.34. The van der Waals surface area contributed by atoms with Crippen molar-refractivity contribution in [1.29, 1.82) is 0 Å². The molecule has 0 atom stereocenters. The maximum Gasteiger partial charge on any atom is 0.0233 e. The molecule has 17 heavy (non-hydrogen) atoms. The third-order valence-electron chi connectivity index (χ3n) is 3.32. The van der Waals surface area contributed by atoms with Crippen molar-refractivity contribution in [3.8, 4) is 0 Å². The van der Waals surface area contributed by atoms with E-state index in [2.05, 4.69) is 47.9 Å². The summed E-state index contributed by atoms with van der Waals surface area (Å²) in [6.45, 7) is 7.25. The maximum absolute atomic E-state index is 3.78. The van der Waals surface area contributed by atoms with E-state index < -0.39 is 0 Å². The van der Waals surface area contributed by atoms with Crippen molar-refractivity contribution in [2.45, 2.75) is 25.8 Å². The molecule has 0 unspecified atom stereocenters. The molecule has 1 aromatic rings. The SMILES string of the molecule is C=CC=C1CCCN(Cc2ccccc2)CC1. The van der Waals surface area contributed by atoms with Gasteiger partial charge >= 0.3 is 0 Å². The van der Waals surface area contributed by atoms with Crippen molar-refractivity contribution >= 4 is 0 Å². The Morgan fingerprint density at radius 1 is 1.12 bits per heavy atom. The average Bonchev–Trinajstić information content (AvgIpc) is 2.57. The highest BCUT2D eigenvalue weighted by Gasteiger charge is 2.11. The van der Waals surface area contributed by atoms with E-state index in [9.17, 15) is 0 Å². The monoisotopic (exact) mass is 227 g/mol. The molecule has 1 aromatic carbocycles. The van der Waals surface area contributed by atoms with Crippen LogP contribution in [-0.4, -0.2) is 18.0 Å². The summed E-state index contributed by atoms with van der Waals surface area (Å²) in [5.74, 6) is 0. The van der Waals surface area contributed by atoms with Gasteiger partial charge in [0.25, 0.3) is 0 Å². The molecule has 1 fully saturated rings. The van der Waals surface area contributed by atoms with Gasteiger partial charge in [0.15, 0.2) is 0 Å². The fourth-order valence-electron chi connectivity index (χ4n) is 2.40. The van der Waals surface area contributed by atoms with E-state index in [0.29, 0.717) is 0 Å². The van der Waals surface area contributed by atoms with E-state index >= 15 is 0 Å². The summed E-state index contributed by atoms with van der Waals surface area (Å²) in [6, 6.07) is 10.8. The third kappa shape index (κ3) is 3.86. The van der Waals surface area contributed by atoms with Crippen LogP contribution in [0.2, 0.25) is 0 Å². The van der Waals surface area contributed by atoms with Crippen molar-refractivity contribution in [3.63, 3.8) is 0 Å². The van der Waals surface area contributed by atoms with Gasteiger partial charge in [-0.1, -0.05) is 54.6 Å². The Labute approximate surface area is 104 Å². The van der Waals surface area contributed by atoms with Crippen LogP contribution >= 0.6 is 0 Å². The zero-order chi connectivity index (χ0) is 11.9. The van der Waals surface area contributed by atoms with Crippen LogP contribution in [0.1, 0.15) is 24.8 Å². The van der Waals surface area contributed by atoms with Crippen LogP contribution in [0.15, 0.2) is 54.6 Å². The fourth-order valence-corrected chi connectivity index (χ4v) is 2.40. The summed E-state index contributed by atoms with van der Waals surface area (Å²) >= 11 is 0. The molecule has 1 heterocycles. The van der Waals surface area contributed by atoms with Crippen molar-refractivity contribution in [1.82, 2.24) is 4.90 Å². The highest BCUT2D eigenvalue weighted by atomic mass is 15.1. The van der Waals surface area contributed by atoms with Gasteiger partial charge in [-0.05, 0) is 31.4 Å². The topological polar surface area (TPSA) is 3.24 Å². The minimum atomic E-state index is 1.09. The number of hydrogen-bond donors (Lipinski definition) is 0. The van der Waals surface area contributed by atoms with Gasteiger partial charge in [0, 0.05) is 13.1 Å². The normalized spacial score (nSPS) is 20.1. The van der Waals surface area contributed by atoms with Gasteiger partial charge in [-0.3, -0.25) is 4.90 Å². The predicted octanol–water partition coefficient (Wildman–Crippen LogP) is 3.78. The lowest BCUT2D eigenvalue weighted by atomic mass is 10.1. The van der Waals surface area contributed by atoms with E-state index in [1.54, 1.807) is 5.57 Å². The smallest absolute Gasteiger partial charge is 0.0233 e. The van der Waals surface area contributed by atoms with Gasteiger partial charge in [-0.15, -0.1) is 0 Å². The Morgan fingerprint density at radius 2 is 1.94 bits per heavy atom. The molecule has 1 heteroatoms. The molecule has 0 spiro atoms. The van der Waals surface area contributed by atoms with Gasteiger partial charge in [-0.25, -0.2) is 0 Å². The predicted molar refractivity (Wildman–Crippen MR) is 73.9 cm³/mol. The first-order chi connectivity index (χ1) is 8.38. The number of hydrogen-bond acceptors (Lipinski definition) is 1. The van der Waals surface area contributed by atoms with E-state index in [1.807, 2.05) is 6.08 Å². The van der Waals surface area contributed by atoms with Gasteiger partial charge in [0.1, 0.15) is 0 Å². The van der Waals surface area contributed by atoms with Crippen LogP contribution in [0.3, 0.4) is 0 Å². The average molecular weight is 227 g/mol. The van der Waals surface area contributed by atoms with E-state index in [-0.39, 0.29) is 0 Å². The number of likely N-dealkylation sites (tertiary alicyclic amines) is 1. The molecule has 1 saturated heterocycles. The van der Waals surface area contributed by atoms with Gasteiger partial charge in [-0.2, -0.15) is 0 Å². The van der Waals surface area contributed by atoms with Crippen molar-refractivity contribution in [2.75, 3.05) is 13.1 Å². The van der Waals surface area contributed by atoms with Gasteiger partial charge in [0.05, 0.1) is 0 Å². The molecular formula is C16H21N. The lowest BCUT2D eigenvalue weighted by Crippen LogP contribution is -2.23. The fraction of sp³-hybridized carbons (Fsp3) is 0.375. The second-order valence-electron chi connectivity index (χ2n) is 4.68. The first kappa shape index (κ1) is 12.1. The second kappa shape index (κ2) is 6.41. The van der Waals surface area contributed by atoms with Crippen LogP contribution in [0.25, 0.3) is 0 Å². The molecule has 90 valence electrons. The number of benzene rings is 1. The van der Waals surface area contributed by atoms with Crippen molar-refractivity contribution in [3.05, 3.63) is 60.2 Å². The molecule has 0 amide bonds. The van der Waals surface area contributed by atoms with E-state index in [0.717, 1.165) is 6.54 Å². The van der Waals surface area contributed by atoms with Crippen molar-refractivity contribution < 1.29 is 0 Å². The molecule has 2 rings (SSSR count). The van der Waals surface area contributed by atoms with Gasteiger partial charge in [0.2, 0.25) is 0 Å². The van der Waals surface area contributed by atoms with Gasteiger partial charge < -0.3 is 0 Å². The molecule has 1 nitrogen and oxygen atoms in total. The molecule has 0 saturated carbocycles. The Bertz CT molecular complexity index is 378. The first-order valence-electron chi connectivity index (χ1n) is 6.45. The minimum absolute atomic E-state index is 1.09. The zero-order valence-electron chi connectivity index (χ0n) is 10.4. The van der Waals surface area contributed by atoms with E-state index in [4.69, 9.17) is 0 Å². The lowest BCUT2D eigenvalue weighted by molar-refractivity contribution is 0.278. The molecule has 0 N–H and O–H groups in total. The molecule has 1 aliphatic heterocycles. The molecule has 0 radical (unpaired) electrons. The highest BCUT2D eigenvalue weighted by Crippen LogP contribution is 2.18.